The smallest absolute Gasteiger partial charge is 0.123 e. The zero-order valence-corrected chi connectivity index (χ0v) is 11.7. The number of rotatable bonds is 5. The Morgan fingerprint density at radius 1 is 1.25 bits per heavy atom. The van der Waals surface area contributed by atoms with E-state index in [1.165, 1.54) is 5.56 Å². The topological polar surface area (TPSA) is 25.2 Å². The number of hydrogen-bond acceptors (Lipinski definition) is 2. The Hall–Kier alpha value is -1.61. The summed E-state index contributed by atoms with van der Waals surface area (Å²) in [6.45, 7) is 2.19. The van der Waals surface area contributed by atoms with Crippen molar-refractivity contribution in [2.75, 3.05) is 0 Å². The molecule has 0 amide bonds. The van der Waals surface area contributed by atoms with Crippen molar-refractivity contribution < 1.29 is 8.81 Å². The lowest BCUT2D eigenvalue weighted by molar-refractivity contribution is 0.265. The van der Waals surface area contributed by atoms with Gasteiger partial charge >= 0.3 is 0 Å². The maximum Gasteiger partial charge on any atom is 0.123 e. The molecule has 2 aromatic rings. The highest BCUT2D eigenvalue weighted by atomic mass is 19.1. The molecule has 1 aromatic carbocycles. The van der Waals surface area contributed by atoms with Gasteiger partial charge in [0.2, 0.25) is 0 Å². The molecule has 20 heavy (non-hydrogen) atoms. The first-order valence-electron chi connectivity index (χ1n) is 7.24. The fourth-order valence-corrected chi connectivity index (χ4v) is 2.95. The molecule has 2 nitrogen and oxygen atoms in total. The summed E-state index contributed by atoms with van der Waals surface area (Å²) in [5, 5.41) is 3.63. The lowest BCUT2D eigenvalue weighted by Gasteiger charge is -2.38. The molecule has 1 heterocycles. The molecule has 0 aliphatic heterocycles. The van der Waals surface area contributed by atoms with Gasteiger partial charge in [-0.1, -0.05) is 12.1 Å². The van der Waals surface area contributed by atoms with Gasteiger partial charge in [0.25, 0.3) is 0 Å². The van der Waals surface area contributed by atoms with Gasteiger partial charge in [0, 0.05) is 18.5 Å². The molecule has 1 aromatic heterocycles. The van der Waals surface area contributed by atoms with Gasteiger partial charge < -0.3 is 9.73 Å². The molecule has 1 unspecified atom stereocenters. The van der Waals surface area contributed by atoms with E-state index in [0.717, 1.165) is 25.0 Å². The molecule has 0 saturated heterocycles. The van der Waals surface area contributed by atoms with Crippen LogP contribution in [0.3, 0.4) is 0 Å². The first-order chi connectivity index (χ1) is 9.70. The van der Waals surface area contributed by atoms with Gasteiger partial charge in [-0.3, -0.25) is 0 Å². The minimum Gasteiger partial charge on any atom is -0.469 e. The summed E-state index contributed by atoms with van der Waals surface area (Å²) in [5.41, 5.74) is 1.25. The van der Waals surface area contributed by atoms with Crippen molar-refractivity contribution in [3.63, 3.8) is 0 Å². The Kier molecular flexibility index (Phi) is 3.88. The Bertz CT molecular complexity index is 529. The number of furan rings is 1. The number of benzene rings is 1. The summed E-state index contributed by atoms with van der Waals surface area (Å²) in [6, 6.07) is 11.8. The monoisotopic (exact) mass is 273 g/mol. The van der Waals surface area contributed by atoms with Crippen LogP contribution in [0.1, 0.15) is 37.0 Å². The number of hydrogen-bond donors (Lipinski definition) is 1. The summed E-state index contributed by atoms with van der Waals surface area (Å²) < 4.78 is 18.2. The summed E-state index contributed by atoms with van der Waals surface area (Å²) >= 11 is 0. The second-order valence-electron chi connectivity index (χ2n) is 5.77. The second kappa shape index (κ2) is 5.80. The average molecular weight is 273 g/mol. The van der Waals surface area contributed by atoms with Gasteiger partial charge in [-0.15, -0.1) is 0 Å². The van der Waals surface area contributed by atoms with Crippen molar-refractivity contribution in [3.05, 3.63) is 59.8 Å². The Labute approximate surface area is 119 Å². The van der Waals surface area contributed by atoms with Crippen molar-refractivity contribution in [2.24, 2.45) is 0 Å². The SMILES string of the molecule is CC(Cc1ccco1)NC1CC(c2ccc(F)cc2)C1. The third-order valence-electron chi connectivity index (χ3n) is 4.09. The van der Waals surface area contributed by atoms with Crippen molar-refractivity contribution in [2.45, 2.75) is 44.2 Å². The summed E-state index contributed by atoms with van der Waals surface area (Å²) in [7, 11) is 0. The van der Waals surface area contributed by atoms with Crippen LogP contribution in [-0.4, -0.2) is 12.1 Å². The first-order valence-corrected chi connectivity index (χ1v) is 7.24. The first kappa shape index (κ1) is 13.4. The van der Waals surface area contributed by atoms with Gasteiger partial charge in [0.05, 0.1) is 6.26 Å². The van der Waals surface area contributed by atoms with E-state index in [0.29, 0.717) is 18.0 Å². The van der Waals surface area contributed by atoms with E-state index < -0.39 is 0 Å². The van der Waals surface area contributed by atoms with E-state index in [9.17, 15) is 4.39 Å². The van der Waals surface area contributed by atoms with E-state index in [2.05, 4.69) is 12.2 Å². The lowest BCUT2D eigenvalue weighted by atomic mass is 9.75. The lowest BCUT2D eigenvalue weighted by Crippen LogP contribution is -2.45. The van der Waals surface area contributed by atoms with E-state index in [4.69, 9.17) is 4.42 Å². The van der Waals surface area contributed by atoms with Gasteiger partial charge in [-0.05, 0) is 55.5 Å². The molecule has 1 aliphatic rings. The molecule has 0 radical (unpaired) electrons. The van der Waals surface area contributed by atoms with Crippen LogP contribution >= 0.6 is 0 Å². The molecule has 1 atom stereocenters. The van der Waals surface area contributed by atoms with Gasteiger partial charge in [0.1, 0.15) is 11.6 Å². The average Bonchev–Trinajstić information content (AvgIpc) is 2.87. The Morgan fingerprint density at radius 2 is 2.00 bits per heavy atom. The van der Waals surface area contributed by atoms with Crippen molar-refractivity contribution in [3.8, 4) is 0 Å². The van der Waals surface area contributed by atoms with Crippen LogP contribution in [0.2, 0.25) is 0 Å². The van der Waals surface area contributed by atoms with E-state index in [1.807, 2.05) is 24.3 Å². The molecular formula is C17H20FNO. The van der Waals surface area contributed by atoms with Crippen LogP contribution in [0.25, 0.3) is 0 Å². The standard InChI is InChI=1S/C17H20FNO/c1-12(9-17-3-2-8-20-17)19-16-10-14(11-16)13-4-6-15(18)7-5-13/h2-8,12,14,16,19H,9-11H2,1H3. The van der Waals surface area contributed by atoms with E-state index in [-0.39, 0.29) is 5.82 Å². The van der Waals surface area contributed by atoms with Gasteiger partial charge in [-0.25, -0.2) is 4.39 Å². The van der Waals surface area contributed by atoms with Crippen molar-refractivity contribution in [1.82, 2.24) is 5.32 Å². The van der Waals surface area contributed by atoms with Gasteiger partial charge in [-0.2, -0.15) is 0 Å². The van der Waals surface area contributed by atoms with Crippen LogP contribution in [0.5, 0.6) is 0 Å². The highest BCUT2D eigenvalue weighted by molar-refractivity contribution is 5.23. The van der Waals surface area contributed by atoms with Crippen LogP contribution in [0.4, 0.5) is 4.39 Å². The van der Waals surface area contributed by atoms with E-state index >= 15 is 0 Å². The normalized spacial score (nSPS) is 23.3. The summed E-state index contributed by atoms with van der Waals surface area (Å²) in [6.07, 6.45) is 4.91. The number of halogens is 1. The highest BCUT2D eigenvalue weighted by Crippen LogP contribution is 2.37. The largest absolute Gasteiger partial charge is 0.469 e. The molecule has 3 rings (SSSR count). The summed E-state index contributed by atoms with van der Waals surface area (Å²) in [4.78, 5) is 0. The van der Waals surface area contributed by atoms with Crippen LogP contribution in [-0.2, 0) is 6.42 Å². The zero-order valence-electron chi connectivity index (χ0n) is 11.7. The maximum absolute atomic E-state index is 12.9. The number of nitrogens with one attached hydrogen (secondary N) is 1. The zero-order chi connectivity index (χ0) is 13.9. The second-order valence-corrected chi connectivity index (χ2v) is 5.77. The van der Waals surface area contributed by atoms with Crippen LogP contribution in [0.15, 0.2) is 47.1 Å². The Balaban J connectivity index is 1.45. The molecule has 1 N–H and O–H groups in total. The quantitative estimate of drug-likeness (QED) is 0.894. The molecule has 3 heteroatoms. The highest BCUT2D eigenvalue weighted by Gasteiger charge is 2.30. The fraction of sp³-hybridized carbons (Fsp3) is 0.412. The molecule has 0 bridgehead atoms. The third kappa shape index (κ3) is 3.10. The molecule has 106 valence electrons. The predicted molar refractivity (Wildman–Crippen MR) is 77.2 cm³/mol. The van der Waals surface area contributed by atoms with E-state index in [1.54, 1.807) is 18.4 Å². The van der Waals surface area contributed by atoms with Crippen molar-refractivity contribution in [1.29, 1.82) is 0 Å². The molecular weight excluding hydrogens is 253 g/mol. The minimum atomic E-state index is -0.158. The predicted octanol–water partition coefficient (Wildman–Crippen LogP) is 3.89. The molecule has 0 spiro atoms. The van der Waals surface area contributed by atoms with Gasteiger partial charge in [0.15, 0.2) is 0 Å². The molecule has 1 saturated carbocycles. The van der Waals surface area contributed by atoms with Crippen molar-refractivity contribution >= 4 is 0 Å². The van der Waals surface area contributed by atoms with Crippen LogP contribution < -0.4 is 5.32 Å². The molecule has 1 fully saturated rings. The third-order valence-corrected chi connectivity index (χ3v) is 4.09. The molecule has 1 aliphatic carbocycles. The summed E-state index contributed by atoms with van der Waals surface area (Å²) in [5.74, 6) is 1.44. The maximum atomic E-state index is 12.9. The Morgan fingerprint density at radius 3 is 2.65 bits per heavy atom. The van der Waals surface area contributed by atoms with Crippen LogP contribution in [0, 0.1) is 5.82 Å². The minimum absolute atomic E-state index is 0.158. The fourth-order valence-electron chi connectivity index (χ4n) is 2.95.